The largest absolute Gasteiger partial charge is 0.465 e. The number of carbonyl (C=O) groups is 2. The normalized spacial score (nSPS) is 10.1. The highest BCUT2D eigenvalue weighted by Crippen LogP contribution is 2.22. The third-order valence-electron chi connectivity index (χ3n) is 2.53. The highest BCUT2D eigenvalue weighted by molar-refractivity contribution is 9.10. The molecule has 0 aliphatic heterocycles. The number of carbonyl (C=O) groups excluding carboxylic acids is 2. The van der Waals surface area contributed by atoms with Crippen LogP contribution >= 0.6 is 27.3 Å². The van der Waals surface area contributed by atoms with E-state index in [1.165, 1.54) is 18.4 Å². The number of thiophene rings is 1. The summed E-state index contributed by atoms with van der Waals surface area (Å²) in [5.41, 5.74) is 0.926. The van der Waals surface area contributed by atoms with E-state index in [0.717, 1.165) is 10.0 Å². The zero-order chi connectivity index (χ0) is 14.5. The van der Waals surface area contributed by atoms with Crippen molar-refractivity contribution in [1.82, 2.24) is 0 Å². The minimum atomic E-state index is -0.400. The molecule has 0 radical (unpaired) electrons. The molecule has 1 aromatic heterocycles. The van der Waals surface area contributed by atoms with Crippen LogP contribution in [-0.2, 0) is 16.0 Å². The van der Waals surface area contributed by atoms with Gasteiger partial charge in [0.1, 0.15) is 4.88 Å². The predicted octanol–water partition coefficient (Wildman–Crippen LogP) is 3.48. The lowest BCUT2D eigenvalue weighted by molar-refractivity contribution is -0.115. The molecule has 1 heterocycles. The van der Waals surface area contributed by atoms with Gasteiger partial charge in [0.2, 0.25) is 5.91 Å². The number of esters is 1. The molecule has 0 aliphatic rings. The second kappa shape index (κ2) is 6.67. The van der Waals surface area contributed by atoms with Gasteiger partial charge >= 0.3 is 5.97 Å². The molecule has 0 fully saturated rings. The van der Waals surface area contributed by atoms with E-state index >= 15 is 0 Å². The van der Waals surface area contributed by atoms with Gasteiger partial charge < -0.3 is 10.1 Å². The fourth-order valence-electron chi connectivity index (χ4n) is 1.58. The second-order valence-electron chi connectivity index (χ2n) is 4.01. The molecule has 4 nitrogen and oxygen atoms in total. The maximum atomic E-state index is 11.9. The molecule has 0 spiro atoms. The maximum absolute atomic E-state index is 11.9. The van der Waals surface area contributed by atoms with Crippen molar-refractivity contribution in [3.05, 3.63) is 51.3 Å². The van der Waals surface area contributed by atoms with E-state index in [1.54, 1.807) is 12.1 Å². The molecule has 20 heavy (non-hydrogen) atoms. The lowest BCUT2D eigenvalue weighted by atomic mass is 10.1. The number of hydrogen-bond donors (Lipinski definition) is 1. The summed E-state index contributed by atoms with van der Waals surface area (Å²) in [7, 11) is 1.33. The predicted molar refractivity (Wildman–Crippen MR) is 82.1 cm³/mol. The van der Waals surface area contributed by atoms with Crippen molar-refractivity contribution < 1.29 is 14.3 Å². The molecule has 1 N–H and O–H groups in total. The van der Waals surface area contributed by atoms with Crippen molar-refractivity contribution in [2.45, 2.75) is 6.42 Å². The van der Waals surface area contributed by atoms with E-state index in [0.29, 0.717) is 16.3 Å². The number of benzene rings is 1. The van der Waals surface area contributed by atoms with Crippen LogP contribution < -0.4 is 5.32 Å². The first-order valence-electron chi connectivity index (χ1n) is 5.81. The minimum Gasteiger partial charge on any atom is -0.465 e. The molecule has 0 saturated carbocycles. The number of amides is 1. The van der Waals surface area contributed by atoms with Crippen molar-refractivity contribution in [2.24, 2.45) is 0 Å². The monoisotopic (exact) mass is 353 g/mol. The van der Waals surface area contributed by atoms with Gasteiger partial charge in [0.15, 0.2) is 0 Å². The smallest absolute Gasteiger partial charge is 0.348 e. The van der Waals surface area contributed by atoms with E-state index in [1.807, 2.05) is 24.3 Å². The molecule has 0 saturated heterocycles. The Kier molecular flexibility index (Phi) is 4.92. The third kappa shape index (κ3) is 3.91. The summed E-state index contributed by atoms with van der Waals surface area (Å²) in [5.74, 6) is -0.519. The standard InChI is InChI=1S/C14H12BrNO3S/c1-19-14(18)11-6-7-13(20-11)16-12(17)8-9-2-4-10(15)5-3-9/h2-7H,8H2,1H3,(H,16,17). The van der Waals surface area contributed by atoms with E-state index in [4.69, 9.17) is 0 Å². The summed E-state index contributed by atoms with van der Waals surface area (Å²) in [6, 6.07) is 10.9. The Morgan fingerprint density at radius 2 is 1.90 bits per heavy atom. The van der Waals surface area contributed by atoms with Crippen LogP contribution in [0.3, 0.4) is 0 Å². The SMILES string of the molecule is COC(=O)c1ccc(NC(=O)Cc2ccc(Br)cc2)s1. The van der Waals surface area contributed by atoms with Gasteiger partial charge in [-0.2, -0.15) is 0 Å². The van der Waals surface area contributed by atoms with Crippen LogP contribution in [0.4, 0.5) is 5.00 Å². The molecule has 0 unspecified atom stereocenters. The Labute approximate surface area is 128 Å². The molecule has 0 aliphatic carbocycles. The Balaban J connectivity index is 1.96. The zero-order valence-electron chi connectivity index (χ0n) is 10.7. The first-order valence-corrected chi connectivity index (χ1v) is 7.42. The highest BCUT2D eigenvalue weighted by atomic mass is 79.9. The fraction of sp³-hybridized carbons (Fsp3) is 0.143. The van der Waals surface area contributed by atoms with E-state index < -0.39 is 5.97 Å². The molecule has 0 atom stereocenters. The van der Waals surface area contributed by atoms with Crippen molar-refractivity contribution in [3.63, 3.8) is 0 Å². The van der Waals surface area contributed by atoms with Crippen molar-refractivity contribution in [1.29, 1.82) is 0 Å². The lowest BCUT2D eigenvalue weighted by Crippen LogP contribution is -2.13. The van der Waals surface area contributed by atoms with E-state index in [-0.39, 0.29) is 5.91 Å². The van der Waals surface area contributed by atoms with Crippen LogP contribution in [0, 0.1) is 0 Å². The number of methoxy groups -OCH3 is 1. The zero-order valence-corrected chi connectivity index (χ0v) is 13.1. The molecule has 1 amide bonds. The summed E-state index contributed by atoms with van der Waals surface area (Å²) >= 11 is 4.54. The summed E-state index contributed by atoms with van der Waals surface area (Å²) < 4.78 is 5.59. The number of halogens is 1. The summed E-state index contributed by atoms with van der Waals surface area (Å²) in [6.45, 7) is 0. The average Bonchev–Trinajstić information content (AvgIpc) is 2.89. The topological polar surface area (TPSA) is 55.4 Å². The fourth-order valence-corrected chi connectivity index (χ4v) is 2.69. The van der Waals surface area contributed by atoms with E-state index in [9.17, 15) is 9.59 Å². The van der Waals surface area contributed by atoms with Gasteiger partial charge in [-0.05, 0) is 29.8 Å². The summed E-state index contributed by atoms with van der Waals surface area (Å²) in [4.78, 5) is 23.7. The van der Waals surface area contributed by atoms with Gasteiger partial charge in [-0.25, -0.2) is 4.79 Å². The highest BCUT2D eigenvalue weighted by Gasteiger charge is 2.11. The van der Waals surface area contributed by atoms with Crippen molar-refractivity contribution >= 4 is 44.1 Å². The number of ether oxygens (including phenoxy) is 1. The lowest BCUT2D eigenvalue weighted by Gasteiger charge is -2.03. The van der Waals surface area contributed by atoms with Crippen molar-refractivity contribution in [2.75, 3.05) is 12.4 Å². The van der Waals surface area contributed by atoms with Crippen LogP contribution in [0.5, 0.6) is 0 Å². The molecule has 1 aromatic carbocycles. The second-order valence-corrected chi connectivity index (χ2v) is 6.01. The van der Waals surface area contributed by atoms with Gasteiger partial charge in [0, 0.05) is 4.47 Å². The molecular weight excluding hydrogens is 342 g/mol. The third-order valence-corrected chi connectivity index (χ3v) is 4.04. The Bertz CT molecular complexity index is 622. The van der Waals surface area contributed by atoms with Crippen LogP contribution in [0.25, 0.3) is 0 Å². The Morgan fingerprint density at radius 3 is 2.55 bits per heavy atom. The summed E-state index contributed by atoms with van der Waals surface area (Å²) in [6.07, 6.45) is 0.290. The molecule has 6 heteroatoms. The minimum absolute atomic E-state index is 0.120. The van der Waals surface area contributed by atoms with Crippen LogP contribution in [-0.4, -0.2) is 19.0 Å². The van der Waals surface area contributed by atoms with Gasteiger partial charge in [0.05, 0.1) is 18.5 Å². The van der Waals surface area contributed by atoms with Crippen LogP contribution in [0.2, 0.25) is 0 Å². The van der Waals surface area contributed by atoms with Crippen LogP contribution in [0.15, 0.2) is 40.9 Å². The summed E-state index contributed by atoms with van der Waals surface area (Å²) in [5, 5.41) is 3.40. The van der Waals surface area contributed by atoms with Gasteiger partial charge in [-0.1, -0.05) is 28.1 Å². The molecular formula is C14H12BrNO3S. The van der Waals surface area contributed by atoms with Gasteiger partial charge in [-0.3, -0.25) is 4.79 Å². The van der Waals surface area contributed by atoms with E-state index in [2.05, 4.69) is 26.0 Å². The van der Waals surface area contributed by atoms with Gasteiger partial charge in [-0.15, -0.1) is 11.3 Å². The van der Waals surface area contributed by atoms with Crippen molar-refractivity contribution in [3.8, 4) is 0 Å². The van der Waals surface area contributed by atoms with Crippen LogP contribution in [0.1, 0.15) is 15.2 Å². The quantitative estimate of drug-likeness (QED) is 0.856. The number of anilines is 1. The van der Waals surface area contributed by atoms with Gasteiger partial charge in [0.25, 0.3) is 0 Å². The number of rotatable bonds is 4. The molecule has 2 rings (SSSR count). The maximum Gasteiger partial charge on any atom is 0.348 e. The molecule has 104 valence electrons. The number of nitrogens with one attached hydrogen (secondary N) is 1. The Hall–Kier alpha value is -1.66. The molecule has 2 aromatic rings. The molecule has 0 bridgehead atoms. The first kappa shape index (κ1) is 14.7. The first-order chi connectivity index (χ1) is 9.58. The Morgan fingerprint density at radius 1 is 1.20 bits per heavy atom. The average molecular weight is 354 g/mol. The number of hydrogen-bond acceptors (Lipinski definition) is 4.